The van der Waals surface area contributed by atoms with Gasteiger partial charge in [0.1, 0.15) is 18.5 Å². The first kappa shape index (κ1) is 34.6. The average molecular weight is 590 g/mol. The number of anilines is 1. The summed E-state index contributed by atoms with van der Waals surface area (Å²) in [6, 6.07) is 4.33. The van der Waals surface area contributed by atoms with E-state index >= 15 is 0 Å². The van der Waals surface area contributed by atoms with E-state index in [9.17, 15) is 27.2 Å². The fourth-order valence-electron chi connectivity index (χ4n) is 3.37. The van der Waals surface area contributed by atoms with E-state index in [1.54, 1.807) is 32.1 Å². The summed E-state index contributed by atoms with van der Waals surface area (Å²) in [7, 11) is 0. The van der Waals surface area contributed by atoms with Gasteiger partial charge in [-0.15, -0.1) is 5.10 Å². The van der Waals surface area contributed by atoms with Crippen LogP contribution in [0.3, 0.4) is 0 Å². The Labute approximate surface area is 236 Å². The molecule has 1 aromatic heterocycles. The molecule has 0 radical (unpaired) electrons. The first-order valence-corrected chi connectivity index (χ1v) is 13.2. The second-order valence-electron chi connectivity index (χ2n) is 8.05. The monoisotopic (exact) mass is 589 g/mol. The molecule has 3 amide bonds. The van der Waals surface area contributed by atoms with Gasteiger partial charge in [-0.05, 0) is 56.2 Å². The maximum Gasteiger partial charge on any atom is 0.411 e. The van der Waals surface area contributed by atoms with Crippen molar-refractivity contribution in [2.75, 3.05) is 25.1 Å². The van der Waals surface area contributed by atoms with Gasteiger partial charge < -0.3 is 20.7 Å². The van der Waals surface area contributed by atoms with Gasteiger partial charge in [0.2, 0.25) is 5.91 Å². The molecule has 40 heavy (non-hydrogen) atoms. The largest absolute Gasteiger partial charge is 0.411 e. The minimum atomic E-state index is -4.45. The number of hydrogen-bond acceptors (Lipinski definition) is 4. The van der Waals surface area contributed by atoms with Gasteiger partial charge >= 0.3 is 12.2 Å². The van der Waals surface area contributed by atoms with Gasteiger partial charge in [0.25, 0.3) is 0 Å². The number of carbonyl (C=O) groups excluding carboxylic acids is 2. The number of aromatic nitrogens is 2. The molecule has 13 heteroatoms. The molecule has 8 nitrogen and oxygen atoms in total. The smallest absolute Gasteiger partial charge is 0.372 e. The molecule has 1 aliphatic heterocycles. The molecule has 1 atom stereocenters. The van der Waals surface area contributed by atoms with Crippen LogP contribution in [0.4, 0.5) is 28.2 Å². The summed E-state index contributed by atoms with van der Waals surface area (Å²) >= 11 is 5.91. The van der Waals surface area contributed by atoms with Gasteiger partial charge in [-0.3, -0.25) is 4.79 Å². The highest BCUT2D eigenvalue weighted by Crippen LogP contribution is 2.28. The molecule has 2 heterocycles. The van der Waals surface area contributed by atoms with E-state index in [1.165, 1.54) is 22.9 Å². The van der Waals surface area contributed by atoms with Crippen molar-refractivity contribution >= 4 is 35.1 Å². The summed E-state index contributed by atoms with van der Waals surface area (Å²) in [6.45, 7) is 9.89. The Morgan fingerprint density at radius 1 is 1.18 bits per heavy atom. The van der Waals surface area contributed by atoms with Gasteiger partial charge in [-0.25, -0.2) is 13.9 Å². The van der Waals surface area contributed by atoms with Crippen molar-refractivity contribution in [1.82, 2.24) is 20.4 Å². The molecule has 3 N–H and O–H groups in total. The van der Waals surface area contributed by atoms with Crippen molar-refractivity contribution in [3.05, 3.63) is 52.8 Å². The molecule has 1 aliphatic rings. The van der Waals surface area contributed by atoms with Gasteiger partial charge in [-0.1, -0.05) is 39.3 Å². The number of nitrogens with one attached hydrogen (secondary N) is 3. The molecular weight excluding hydrogens is 554 g/mol. The highest BCUT2D eigenvalue weighted by molar-refractivity contribution is 6.29. The van der Waals surface area contributed by atoms with E-state index in [-0.39, 0.29) is 25.4 Å². The van der Waals surface area contributed by atoms with Crippen LogP contribution in [-0.4, -0.2) is 53.7 Å². The average Bonchev–Trinajstić information content (AvgIpc) is 3.53. The molecule has 1 fully saturated rings. The van der Waals surface area contributed by atoms with E-state index < -0.39 is 36.6 Å². The Morgan fingerprint density at radius 3 is 2.42 bits per heavy atom. The summed E-state index contributed by atoms with van der Waals surface area (Å²) < 4.78 is 57.5. The molecule has 0 spiro atoms. The second-order valence-corrected chi connectivity index (χ2v) is 8.65. The molecule has 1 aromatic carbocycles. The molecule has 0 unspecified atom stereocenters. The van der Waals surface area contributed by atoms with Gasteiger partial charge in [0.05, 0.1) is 12.3 Å². The van der Waals surface area contributed by atoms with E-state index in [0.717, 1.165) is 0 Å². The van der Waals surface area contributed by atoms with Gasteiger partial charge in [0, 0.05) is 28.9 Å². The molecular formula is C27H36ClF4N5O3. The van der Waals surface area contributed by atoms with Crippen LogP contribution in [0.1, 0.15) is 47.1 Å². The first-order valence-electron chi connectivity index (χ1n) is 12.8. The molecule has 0 aliphatic carbocycles. The van der Waals surface area contributed by atoms with Crippen LogP contribution in [0.2, 0.25) is 0 Å². The number of carbonyl (C=O) groups is 2. The lowest BCUT2D eigenvalue weighted by Crippen LogP contribution is -2.38. The number of ether oxygens (including phenoxy) is 1. The highest BCUT2D eigenvalue weighted by Gasteiger charge is 2.28. The Morgan fingerprint density at radius 2 is 1.85 bits per heavy atom. The number of rotatable bonds is 9. The van der Waals surface area contributed by atoms with Crippen LogP contribution in [0, 0.1) is 5.82 Å². The van der Waals surface area contributed by atoms with Crippen molar-refractivity contribution in [2.24, 2.45) is 0 Å². The number of amides is 3. The summed E-state index contributed by atoms with van der Waals surface area (Å²) in [5.41, 5.74) is 1.79. The van der Waals surface area contributed by atoms with Crippen LogP contribution in [-0.2, 0) is 16.0 Å². The van der Waals surface area contributed by atoms with Crippen LogP contribution in [0.15, 0.2) is 41.4 Å². The van der Waals surface area contributed by atoms with Crippen LogP contribution >= 0.6 is 11.6 Å². The first-order chi connectivity index (χ1) is 18.9. The third kappa shape index (κ3) is 11.4. The summed E-state index contributed by atoms with van der Waals surface area (Å²) in [6.07, 6.45) is -1.08. The number of halogens is 5. The van der Waals surface area contributed by atoms with Gasteiger partial charge in [0.15, 0.2) is 5.82 Å². The van der Waals surface area contributed by atoms with E-state index in [2.05, 4.69) is 25.8 Å². The zero-order valence-corrected chi connectivity index (χ0v) is 24.1. The topological polar surface area (TPSA) is 97.3 Å². The van der Waals surface area contributed by atoms with Crippen molar-refractivity contribution in [2.45, 2.75) is 60.2 Å². The molecule has 222 valence electrons. The predicted octanol–water partition coefficient (Wildman–Crippen LogP) is 6.49. The molecule has 0 bridgehead atoms. The maximum atomic E-state index is 14.4. The third-order valence-corrected chi connectivity index (χ3v) is 5.12. The highest BCUT2D eigenvalue weighted by atomic mass is 35.5. The summed E-state index contributed by atoms with van der Waals surface area (Å²) in [5, 5.41) is 12.5. The van der Waals surface area contributed by atoms with Crippen LogP contribution < -0.4 is 16.0 Å². The fourth-order valence-corrected chi connectivity index (χ4v) is 3.43. The Balaban J connectivity index is 0.00000191. The van der Waals surface area contributed by atoms with Crippen LogP contribution in [0.25, 0.3) is 17.0 Å². The normalized spacial score (nSPS) is 15.3. The maximum absolute atomic E-state index is 14.4. The van der Waals surface area contributed by atoms with E-state index in [1.807, 2.05) is 27.7 Å². The second kappa shape index (κ2) is 16.7. The minimum Gasteiger partial charge on any atom is -0.372 e. The summed E-state index contributed by atoms with van der Waals surface area (Å²) in [4.78, 5) is 23.8. The van der Waals surface area contributed by atoms with Gasteiger partial charge in [-0.2, -0.15) is 13.2 Å². The number of alkyl halides is 3. The number of urea groups is 1. The summed E-state index contributed by atoms with van der Waals surface area (Å²) in [5.74, 6) is -0.950. The van der Waals surface area contributed by atoms with Crippen molar-refractivity contribution < 1.29 is 31.9 Å². The standard InChI is InChI=1S/C23H24ClF4N5O3.2C2H6/c1-13(24)3-4-14(2)33-19(10-20(32-33)31-21(34)18-11-29-22(35)30-18)16-7-15(8-17(25)9-16)5-6-36-12-23(26,27)28;2*1-2/h3-4,7-10,18H,5-6,11-12H2,1-2H3,(H2,29,30,35)(H,31,32,34);2*1-2H3/b13-3+,14-4+;;/t18-;;/m1../s1. The van der Waals surface area contributed by atoms with E-state index in [0.29, 0.717) is 27.6 Å². The molecule has 0 saturated carbocycles. The van der Waals surface area contributed by atoms with Crippen molar-refractivity contribution in [3.63, 3.8) is 0 Å². The zero-order chi connectivity index (χ0) is 30.5. The number of nitrogens with zero attached hydrogens (tertiary/aromatic N) is 2. The number of benzene rings is 1. The molecule has 3 rings (SSSR count). The zero-order valence-electron chi connectivity index (χ0n) is 23.4. The lowest BCUT2D eigenvalue weighted by Gasteiger charge is -2.11. The lowest BCUT2D eigenvalue weighted by atomic mass is 10.1. The van der Waals surface area contributed by atoms with Crippen LogP contribution in [0.5, 0.6) is 0 Å². The molecule has 2 aromatic rings. The number of hydrogen-bond donors (Lipinski definition) is 3. The lowest BCUT2D eigenvalue weighted by molar-refractivity contribution is -0.173. The third-order valence-electron chi connectivity index (χ3n) is 4.99. The number of allylic oxidation sites excluding steroid dienone is 4. The van der Waals surface area contributed by atoms with E-state index in [4.69, 9.17) is 11.6 Å². The SMILES string of the molecule is C/C(Cl)=C\C=C(/C)n1nc(NC(=O)[C@H]2CNC(=O)N2)cc1-c1cc(F)cc(CCOCC(F)(F)F)c1.CC.CC. The Hall–Kier alpha value is -3.38. The van der Waals surface area contributed by atoms with Crippen molar-refractivity contribution in [1.29, 1.82) is 0 Å². The Bertz CT molecular complexity index is 1190. The van der Waals surface area contributed by atoms with Crippen molar-refractivity contribution in [3.8, 4) is 11.3 Å². The minimum absolute atomic E-state index is 0.0515. The quantitative estimate of drug-likeness (QED) is 0.177. The predicted molar refractivity (Wildman–Crippen MR) is 149 cm³/mol. The Kier molecular flexibility index (Phi) is 14.4. The molecule has 1 saturated heterocycles. The fraction of sp³-hybridized carbons (Fsp3) is 0.444.